The smallest absolute Gasteiger partial charge is 0.410 e. The molecule has 2 aromatic rings. The van der Waals surface area contributed by atoms with Crippen molar-refractivity contribution in [3.05, 3.63) is 54.1 Å². The molecule has 0 aliphatic carbocycles. The Balaban J connectivity index is 1.87. The van der Waals surface area contributed by atoms with Gasteiger partial charge in [0.25, 0.3) is 0 Å². The van der Waals surface area contributed by atoms with Crippen LogP contribution in [0, 0.1) is 0 Å². The molecular formula is C24H31NO5Si. The molecule has 0 bridgehead atoms. The first-order chi connectivity index (χ1) is 14.6. The van der Waals surface area contributed by atoms with Gasteiger partial charge in [0, 0.05) is 14.5 Å². The highest BCUT2D eigenvalue weighted by Crippen LogP contribution is 2.38. The molecule has 1 N–H and O–H groups in total. The predicted octanol–water partition coefficient (Wildman–Crippen LogP) is 4.39. The Labute approximate surface area is 184 Å². The van der Waals surface area contributed by atoms with Gasteiger partial charge in [0.2, 0.25) is 0 Å². The molecule has 1 fully saturated rings. The van der Waals surface area contributed by atoms with E-state index >= 15 is 0 Å². The number of amides is 1. The van der Waals surface area contributed by atoms with Crippen molar-refractivity contribution < 1.29 is 24.2 Å². The topological polar surface area (TPSA) is 76.1 Å². The van der Waals surface area contributed by atoms with Gasteiger partial charge >= 0.3 is 12.1 Å². The van der Waals surface area contributed by atoms with Gasteiger partial charge in [-0.3, -0.25) is 4.90 Å². The Kier molecular flexibility index (Phi) is 6.57. The summed E-state index contributed by atoms with van der Waals surface area (Å²) in [6, 6.07) is 11.6. The molecule has 2 atom stereocenters. The molecule has 6 nitrogen and oxygen atoms in total. The summed E-state index contributed by atoms with van der Waals surface area (Å²) in [5.74, 6) is -0.562. The number of hydrogen-bond acceptors (Lipinski definition) is 5. The molecule has 1 saturated heterocycles. The Morgan fingerprint density at radius 3 is 2.58 bits per heavy atom. The highest BCUT2D eigenvalue weighted by atomic mass is 28.3. The Morgan fingerprint density at radius 2 is 1.94 bits per heavy atom. The largest absolute Gasteiger partial charge is 0.467 e. The molecule has 1 amide bonds. The van der Waals surface area contributed by atoms with Crippen LogP contribution < -0.4 is 0 Å². The molecule has 3 rings (SSSR count). The summed E-state index contributed by atoms with van der Waals surface area (Å²) < 4.78 is 10.3. The number of methoxy groups -OCH3 is 1. The van der Waals surface area contributed by atoms with E-state index in [0.717, 1.165) is 22.4 Å². The van der Waals surface area contributed by atoms with Crippen LogP contribution in [0.2, 0.25) is 25.7 Å². The number of rotatable bonds is 6. The molecule has 7 heteroatoms. The molecule has 31 heavy (non-hydrogen) atoms. The fraction of sp³-hybridized carbons (Fsp3) is 0.417. The van der Waals surface area contributed by atoms with Crippen LogP contribution in [0.15, 0.2) is 43.0 Å². The minimum atomic E-state index is -1.38. The van der Waals surface area contributed by atoms with E-state index in [1.54, 1.807) is 6.08 Å². The van der Waals surface area contributed by atoms with E-state index in [0.29, 0.717) is 12.2 Å². The third-order valence-corrected chi connectivity index (χ3v) is 7.47. The summed E-state index contributed by atoms with van der Waals surface area (Å²) in [5, 5.41) is 13.5. The molecule has 0 spiro atoms. The number of carbonyl (C=O) groups excluding carboxylic acids is 2. The van der Waals surface area contributed by atoms with Crippen molar-refractivity contribution >= 4 is 37.0 Å². The lowest BCUT2D eigenvalue weighted by atomic mass is 9.89. The first-order valence-electron chi connectivity index (χ1n) is 10.5. The van der Waals surface area contributed by atoms with Gasteiger partial charge in [-0.15, -0.1) is 0 Å². The Hall–Kier alpha value is -2.64. The molecule has 1 aliphatic rings. The van der Waals surface area contributed by atoms with Gasteiger partial charge in [-0.25, -0.2) is 9.59 Å². The molecule has 1 aliphatic heterocycles. The van der Waals surface area contributed by atoms with Gasteiger partial charge in [-0.1, -0.05) is 56.6 Å². The lowest BCUT2D eigenvalue weighted by molar-refractivity contribution is -0.145. The molecule has 1 heterocycles. The Bertz CT molecular complexity index is 999. The maximum Gasteiger partial charge on any atom is 0.410 e. The number of likely N-dealkylation sites (tertiary alicyclic amines) is 1. The maximum atomic E-state index is 12.8. The zero-order valence-corrected chi connectivity index (χ0v) is 19.7. The van der Waals surface area contributed by atoms with E-state index in [9.17, 15) is 14.7 Å². The number of fused-ring (bicyclic) bond motifs is 1. The van der Waals surface area contributed by atoms with Crippen LogP contribution in [0.4, 0.5) is 4.79 Å². The standard InChI is InChI=1S/C24H31NO5Si/c1-6-17-7-8-18-9-10-20(14-19(18)13-17)24(28)15-21(22(26)29-2)25(16-24)23(27)30-11-12-31(3,4)5/h6-10,13-14,21,28H,1,11-12,15-16H2,2-5H3. The maximum absolute atomic E-state index is 12.8. The molecule has 2 aromatic carbocycles. The van der Waals surface area contributed by atoms with Crippen molar-refractivity contribution in [1.82, 2.24) is 4.90 Å². The van der Waals surface area contributed by atoms with Crippen molar-refractivity contribution in [2.45, 2.75) is 43.7 Å². The Morgan fingerprint density at radius 1 is 1.23 bits per heavy atom. The van der Waals surface area contributed by atoms with E-state index in [2.05, 4.69) is 26.2 Å². The van der Waals surface area contributed by atoms with E-state index in [-0.39, 0.29) is 13.0 Å². The average Bonchev–Trinajstić information content (AvgIpc) is 3.10. The van der Waals surface area contributed by atoms with Gasteiger partial charge in [0.1, 0.15) is 11.6 Å². The second kappa shape index (κ2) is 8.84. The number of carbonyl (C=O) groups is 2. The quantitative estimate of drug-likeness (QED) is 0.531. The van der Waals surface area contributed by atoms with Crippen LogP contribution in [0.1, 0.15) is 17.5 Å². The molecular weight excluding hydrogens is 410 g/mol. The third-order valence-electron chi connectivity index (χ3n) is 5.76. The first kappa shape index (κ1) is 23.0. The molecule has 0 aromatic heterocycles. The first-order valence-corrected chi connectivity index (χ1v) is 14.2. The number of esters is 1. The monoisotopic (exact) mass is 441 g/mol. The van der Waals surface area contributed by atoms with Gasteiger partial charge < -0.3 is 14.6 Å². The number of benzene rings is 2. The van der Waals surface area contributed by atoms with E-state index in [4.69, 9.17) is 9.47 Å². The number of hydrogen-bond donors (Lipinski definition) is 1. The number of β-amino-alcohol motifs (C(OH)–C–C–N with tert-alkyl or cyclic N) is 1. The van der Waals surface area contributed by atoms with Crippen LogP contribution in [0.3, 0.4) is 0 Å². The van der Waals surface area contributed by atoms with E-state index < -0.39 is 31.8 Å². The van der Waals surface area contributed by atoms with Crippen LogP contribution in [0.25, 0.3) is 16.8 Å². The highest BCUT2D eigenvalue weighted by Gasteiger charge is 2.50. The van der Waals surface area contributed by atoms with Crippen molar-refractivity contribution in [2.75, 3.05) is 20.3 Å². The van der Waals surface area contributed by atoms with Gasteiger partial charge in [0.15, 0.2) is 0 Å². The fourth-order valence-electron chi connectivity index (χ4n) is 3.84. The summed E-state index contributed by atoms with van der Waals surface area (Å²) in [6.07, 6.45) is 1.22. The third kappa shape index (κ3) is 5.17. The van der Waals surface area contributed by atoms with Crippen molar-refractivity contribution in [3.63, 3.8) is 0 Å². The van der Waals surface area contributed by atoms with Crippen LogP contribution >= 0.6 is 0 Å². The molecule has 166 valence electrons. The SMILES string of the molecule is C=Cc1ccc2ccc(C3(O)CC(C(=O)OC)N(C(=O)OCC[Si](C)(C)C)C3)cc2c1. The summed E-state index contributed by atoms with van der Waals surface area (Å²) in [6.45, 7) is 10.7. The number of ether oxygens (including phenoxy) is 2. The van der Waals surface area contributed by atoms with Crippen LogP contribution in [0.5, 0.6) is 0 Å². The summed E-state index contributed by atoms with van der Waals surface area (Å²) >= 11 is 0. The number of nitrogens with zero attached hydrogens (tertiary/aromatic N) is 1. The average molecular weight is 442 g/mol. The zero-order valence-electron chi connectivity index (χ0n) is 18.7. The number of aliphatic hydroxyl groups is 1. The summed E-state index contributed by atoms with van der Waals surface area (Å²) in [5.41, 5.74) is 0.241. The second-order valence-electron chi connectivity index (χ2n) is 9.35. The van der Waals surface area contributed by atoms with Gasteiger partial charge in [-0.2, -0.15) is 0 Å². The molecule has 2 unspecified atom stereocenters. The lowest BCUT2D eigenvalue weighted by Gasteiger charge is -2.25. The van der Waals surface area contributed by atoms with Gasteiger partial charge in [0.05, 0.1) is 20.3 Å². The summed E-state index contributed by atoms with van der Waals surface area (Å²) in [4.78, 5) is 26.4. The predicted molar refractivity (Wildman–Crippen MR) is 125 cm³/mol. The van der Waals surface area contributed by atoms with Crippen molar-refractivity contribution in [3.8, 4) is 0 Å². The molecule has 0 radical (unpaired) electrons. The normalized spacial score (nSPS) is 21.2. The van der Waals surface area contributed by atoms with Crippen molar-refractivity contribution in [2.24, 2.45) is 0 Å². The van der Waals surface area contributed by atoms with E-state index in [1.807, 2.05) is 36.4 Å². The molecule has 0 saturated carbocycles. The highest BCUT2D eigenvalue weighted by molar-refractivity contribution is 6.76. The van der Waals surface area contributed by atoms with Crippen LogP contribution in [-0.4, -0.2) is 56.4 Å². The zero-order chi connectivity index (χ0) is 22.8. The fourth-order valence-corrected chi connectivity index (χ4v) is 4.56. The van der Waals surface area contributed by atoms with E-state index in [1.165, 1.54) is 12.0 Å². The minimum Gasteiger partial charge on any atom is -0.467 e. The summed E-state index contributed by atoms with van der Waals surface area (Å²) in [7, 11) is -0.0890. The second-order valence-corrected chi connectivity index (χ2v) is 15.0. The minimum absolute atomic E-state index is 0.0365. The van der Waals surface area contributed by atoms with Crippen LogP contribution in [-0.2, 0) is 19.9 Å². The van der Waals surface area contributed by atoms with Crippen molar-refractivity contribution in [1.29, 1.82) is 0 Å². The van der Waals surface area contributed by atoms with Gasteiger partial charge in [-0.05, 0) is 40.1 Å². The lowest BCUT2D eigenvalue weighted by Crippen LogP contribution is -2.42.